The highest BCUT2D eigenvalue weighted by molar-refractivity contribution is 9.10. The molecule has 5 rings (SSSR count). The predicted octanol–water partition coefficient (Wildman–Crippen LogP) is 5.32. The summed E-state index contributed by atoms with van der Waals surface area (Å²) in [7, 11) is 1.97. The molecule has 0 bridgehead atoms. The summed E-state index contributed by atoms with van der Waals surface area (Å²) in [5.41, 5.74) is 9.22. The summed E-state index contributed by atoms with van der Waals surface area (Å²) in [4.78, 5) is 24.0. The number of anilines is 2. The van der Waals surface area contributed by atoms with Gasteiger partial charge in [0.25, 0.3) is 0 Å². The first-order valence-electron chi connectivity index (χ1n) is 12.1. The molecule has 4 aromatic rings. The van der Waals surface area contributed by atoms with E-state index in [2.05, 4.69) is 38.1 Å². The number of nitrogens with two attached hydrogens (primary N) is 1. The average molecular weight is 549 g/mol. The van der Waals surface area contributed by atoms with Crippen LogP contribution in [0.1, 0.15) is 31.4 Å². The van der Waals surface area contributed by atoms with Gasteiger partial charge in [-0.15, -0.1) is 0 Å². The van der Waals surface area contributed by atoms with Crippen LogP contribution < -0.4 is 15.8 Å². The van der Waals surface area contributed by atoms with Gasteiger partial charge < -0.3 is 20.4 Å². The Morgan fingerprint density at radius 3 is 2.72 bits per heavy atom. The van der Waals surface area contributed by atoms with E-state index in [9.17, 15) is 4.79 Å². The molecule has 3 N–H and O–H groups in total. The molecule has 36 heavy (non-hydrogen) atoms. The normalized spacial score (nSPS) is 16.8. The molecule has 3 heterocycles. The van der Waals surface area contributed by atoms with E-state index in [1.54, 1.807) is 12.3 Å². The van der Waals surface area contributed by atoms with Crippen LogP contribution in [0.3, 0.4) is 0 Å². The number of benzene rings is 2. The number of hydrogen-bond donors (Lipinski definition) is 2. The highest BCUT2D eigenvalue weighted by Gasteiger charge is 2.36. The molecule has 2 unspecified atom stereocenters. The van der Waals surface area contributed by atoms with Gasteiger partial charge in [0.05, 0.1) is 22.6 Å². The molecular formula is C27H29BrN6O2. The van der Waals surface area contributed by atoms with Gasteiger partial charge in [-0.05, 0) is 68.4 Å². The van der Waals surface area contributed by atoms with Crippen molar-refractivity contribution in [1.29, 1.82) is 0 Å². The number of carbonyl (C=O) groups is 1. The number of imidazole rings is 1. The second-order valence-electron chi connectivity index (χ2n) is 9.01. The number of carbonyl (C=O) groups excluding carboxylic acids is 1. The zero-order valence-corrected chi connectivity index (χ0v) is 21.9. The molecule has 2 atom stereocenters. The highest BCUT2D eigenvalue weighted by atomic mass is 79.9. The second kappa shape index (κ2) is 10.3. The number of rotatable bonds is 8. The molecule has 0 radical (unpaired) electrons. The number of likely N-dealkylation sites (tertiary alicyclic amines) is 1. The molecule has 2 aromatic carbocycles. The number of fused-ring (bicyclic) bond motifs is 1. The Hall–Kier alpha value is -3.43. The maximum atomic E-state index is 12.4. The van der Waals surface area contributed by atoms with Crippen molar-refractivity contribution in [3.8, 4) is 11.5 Å². The highest BCUT2D eigenvalue weighted by Crippen LogP contribution is 2.33. The van der Waals surface area contributed by atoms with Crippen molar-refractivity contribution in [1.82, 2.24) is 19.4 Å². The van der Waals surface area contributed by atoms with Gasteiger partial charge in [0, 0.05) is 41.6 Å². The van der Waals surface area contributed by atoms with E-state index < -0.39 is 5.92 Å². The number of amides is 1. The summed E-state index contributed by atoms with van der Waals surface area (Å²) in [5, 5.41) is 3.36. The molecular weight excluding hydrogens is 520 g/mol. The number of pyridine rings is 1. The van der Waals surface area contributed by atoms with Gasteiger partial charge in [-0.1, -0.05) is 22.9 Å². The van der Waals surface area contributed by atoms with Crippen molar-refractivity contribution < 1.29 is 9.53 Å². The zero-order chi connectivity index (χ0) is 25.2. The van der Waals surface area contributed by atoms with Crippen molar-refractivity contribution in [2.24, 2.45) is 12.8 Å². The smallest absolute Gasteiger partial charge is 0.228 e. The standard InChI is InChI=1S/C27H29BrN6O2/c1-3-34-14-4-5-24(34)25(26(29)35)22-16-20(12-13-30-22)36-19-10-11-23-21(15-19)32-27(33(23)2)31-18-8-6-17(28)7-9-18/h6-13,15-16,24-25H,3-5,14H2,1-2H3,(H2,29,35)(H,31,32). The summed E-state index contributed by atoms with van der Waals surface area (Å²) in [5.74, 6) is 1.17. The van der Waals surface area contributed by atoms with Crippen LogP contribution in [-0.2, 0) is 11.8 Å². The van der Waals surface area contributed by atoms with Crippen LogP contribution in [0.2, 0.25) is 0 Å². The van der Waals surface area contributed by atoms with E-state index in [1.165, 1.54) is 0 Å². The molecule has 0 spiro atoms. The molecule has 9 heteroatoms. The Balaban J connectivity index is 1.38. The Bertz CT molecular complexity index is 1390. The molecule has 186 valence electrons. The first-order chi connectivity index (χ1) is 17.4. The lowest BCUT2D eigenvalue weighted by Crippen LogP contribution is -2.40. The summed E-state index contributed by atoms with van der Waals surface area (Å²) in [6, 6.07) is 17.4. The van der Waals surface area contributed by atoms with Crippen molar-refractivity contribution in [2.45, 2.75) is 31.7 Å². The van der Waals surface area contributed by atoms with E-state index in [1.807, 2.05) is 60.1 Å². The lowest BCUT2D eigenvalue weighted by atomic mass is 9.92. The number of primary amides is 1. The molecule has 1 amide bonds. The Kier molecular flexibility index (Phi) is 6.93. The number of hydrogen-bond acceptors (Lipinski definition) is 6. The van der Waals surface area contributed by atoms with Crippen LogP contribution in [0.4, 0.5) is 11.6 Å². The maximum absolute atomic E-state index is 12.4. The van der Waals surface area contributed by atoms with Crippen LogP contribution >= 0.6 is 15.9 Å². The number of halogens is 1. The van der Waals surface area contributed by atoms with Gasteiger partial charge in [0.1, 0.15) is 11.5 Å². The number of nitrogens with zero attached hydrogens (tertiary/aromatic N) is 4. The third kappa shape index (κ3) is 4.94. The second-order valence-corrected chi connectivity index (χ2v) is 9.93. The summed E-state index contributed by atoms with van der Waals surface area (Å²) in [6.07, 6.45) is 3.66. The van der Waals surface area contributed by atoms with Gasteiger partial charge in [-0.25, -0.2) is 4.98 Å². The van der Waals surface area contributed by atoms with E-state index in [0.29, 0.717) is 17.2 Å². The van der Waals surface area contributed by atoms with Crippen molar-refractivity contribution >= 4 is 44.5 Å². The summed E-state index contributed by atoms with van der Waals surface area (Å²) in [6.45, 7) is 3.97. The molecule has 0 saturated carbocycles. The fraction of sp³-hybridized carbons (Fsp3) is 0.296. The van der Waals surface area contributed by atoms with Gasteiger partial charge in [0.2, 0.25) is 11.9 Å². The number of nitrogens with one attached hydrogen (secondary N) is 1. The van der Waals surface area contributed by atoms with E-state index in [-0.39, 0.29) is 11.9 Å². The van der Waals surface area contributed by atoms with Crippen LogP contribution in [0, 0.1) is 0 Å². The minimum atomic E-state index is -0.471. The van der Waals surface area contributed by atoms with Gasteiger partial charge in [-0.2, -0.15) is 0 Å². The lowest BCUT2D eigenvalue weighted by molar-refractivity contribution is -0.120. The third-order valence-corrected chi connectivity index (χ3v) is 7.30. The van der Waals surface area contributed by atoms with Crippen LogP contribution in [0.5, 0.6) is 11.5 Å². The van der Waals surface area contributed by atoms with E-state index in [4.69, 9.17) is 15.5 Å². The lowest BCUT2D eigenvalue weighted by Gasteiger charge is -2.28. The fourth-order valence-electron chi connectivity index (χ4n) is 4.97. The van der Waals surface area contributed by atoms with Gasteiger partial charge in [-0.3, -0.25) is 14.7 Å². The first kappa shape index (κ1) is 24.3. The molecule has 1 aliphatic heterocycles. The van der Waals surface area contributed by atoms with Gasteiger partial charge >= 0.3 is 0 Å². The zero-order valence-electron chi connectivity index (χ0n) is 20.3. The molecule has 8 nitrogen and oxygen atoms in total. The quantitative estimate of drug-likeness (QED) is 0.309. The van der Waals surface area contributed by atoms with E-state index >= 15 is 0 Å². The van der Waals surface area contributed by atoms with Crippen LogP contribution in [0.25, 0.3) is 11.0 Å². The SMILES string of the molecule is CCN1CCCC1C(C(N)=O)c1cc(Oc2ccc3c(c2)nc(Nc2ccc(Br)cc2)n3C)ccn1. The molecule has 2 aromatic heterocycles. The Morgan fingerprint density at radius 2 is 1.97 bits per heavy atom. The molecule has 1 fully saturated rings. The number of aryl methyl sites for hydroxylation is 1. The molecule has 1 saturated heterocycles. The number of ether oxygens (including phenoxy) is 1. The van der Waals surface area contributed by atoms with Crippen molar-refractivity contribution in [3.05, 3.63) is 71.0 Å². The topological polar surface area (TPSA) is 98.3 Å². The Morgan fingerprint density at radius 1 is 1.19 bits per heavy atom. The monoisotopic (exact) mass is 548 g/mol. The van der Waals surface area contributed by atoms with Crippen LogP contribution in [0.15, 0.2) is 65.3 Å². The minimum absolute atomic E-state index is 0.0665. The number of aromatic nitrogens is 3. The molecule has 1 aliphatic rings. The Labute approximate surface area is 218 Å². The van der Waals surface area contributed by atoms with Gasteiger partial charge in [0.15, 0.2) is 0 Å². The van der Waals surface area contributed by atoms with Crippen LogP contribution in [-0.4, -0.2) is 44.5 Å². The fourth-order valence-corrected chi connectivity index (χ4v) is 5.23. The summed E-state index contributed by atoms with van der Waals surface area (Å²) < 4.78 is 9.20. The largest absolute Gasteiger partial charge is 0.457 e. The minimum Gasteiger partial charge on any atom is -0.457 e. The maximum Gasteiger partial charge on any atom is 0.228 e. The first-order valence-corrected chi connectivity index (χ1v) is 12.9. The van der Waals surface area contributed by atoms with Crippen molar-refractivity contribution in [2.75, 3.05) is 18.4 Å². The third-order valence-electron chi connectivity index (χ3n) is 6.77. The average Bonchev–Trinajstić information content (AvgIpc) is 3.45. The predicted molar refractivity (Wildman–Crippen MR) is 145 cm³/mol. The number of likely N-dealkylation sites (N-methyl/N-ethyl adjacent to an activating group) is 1. The van der Waals surface area contributed by atoms with E-state index in [0.717, 1.165) is 53.1 Å². The van der Waals surface area contributed by atoms with Crippen molar-refractivity contribution in [3.63, 3.8) is 0 Å². The molecule has 0 aliphatic carbocycles. The summed E-state index contributed by atoms with van der Waals surface area (Å²) >= 11 is 3.46.